The van der Waals surface area contributed by atoms with E-state index in [-0.39, 0.29) is 16.5 Å². The molecule has 226 valence electrons. The third kappa shape index (κ3) is 5.65. The van der Waals surface area contributed by atoms with Gasteiger partial charge in [-0.1, -0.05) is 108 Å². The molecule has 0 N–H and O–H groups in total. The van der Waals surface area contributed by atoms with Crippen molar-refractivity contribution in [3.63, 3.8) is 0 Å². The van der Waals surface area contributed by atoms with Crippen LogP contribution in [0.4, 0.5) is 0 Å². The van der Waals surface area contributed by atoms with E-state index in [1.807, 2.05) is 42.5 Å². The maximum Gasteiger partial charge on any atom is 2.00 e. The fourth-order valence-corrected chi connectivity index (χ4v) is 6.08. The number of rotatable bonds is 3. The molecule has 0 saturated carbocycles. The van der Waals surface area contributed by atoms with E-state index in [2.05, 4.69) is 105 Å². The summed E-state index contributed by atoms with van der Waals surface area (Å²) in [7, 11) is 0. The second kappa shape index (κ2) is 12.3. The quantitative estimate of drug-likeness (QED) is 0.142. The third-order valence-electron chi connectivity index (χ3n) is 8.46. The Kier molecular flexibility index (Phi) is 7.82. The van der Waals surface area contributed by atoms with E-state index in [1.165, 1.54) is 11.1 Å². The Hall–Kier alpha value is -5.69. The summed E-state index contributed by atoms with van der Waals surface area (Å²) in [5, 5.41) is 0. The van der Waals surface area contributed by atoms with Gasteiger partial charge in [-0.2, -0.15) is 0 Å². The summed E-state index contributed by atoms with van der Waals surface area (Å²) in [6.07, 6.45) is 14.0. The topological polar surface area (TPSA) is 54.0 Å². The monoisotopic (exact) mass is 646 g/mol. The Bertz CT molecular complexity index is 2370. The molecule has 2 aliphatic heterocycles. The first-order valence-electron chi connectivity index (χ1n) is 15.3. The van der Waals surface area contributed by atoms with Crippen LogP contribution in [0.1, 0.15) is 39.5 Å². The fourth-order valence-electron chi connectivity index (χ4n) is 6.08. The van der Waals surface area contributed by atoms with Crippen LogP contribution < -0.4 is 9.97 Å². The van der Waals surface area contributed by atoms with E-state index in [4.69, 9.17) is 26.4 Å². The van der Waals surface area contributed by atoms with Crippen molar-refractivity contribution in [2.45, 2.75) is 13.8 Å². The molecule has 5 heteroatoms. The second-order valence-corrected chi connectivity index (χ2v) is 11.7. The van der Waals surface area contributed by atoms with E-state index in [0.29, 0.717) is 0 Å². The van der Waals surface area contributed by atoms with E-state index < -0.39 is 0 Å². The minimum Gasteiger partial charge on any atom is -0.657 e. The Morgan fingerprint density at radius 3 is 1.49 bits per heavy atom. The van der Waals surface area contributed by atoms with E-state index in [0.717, 1.165) is 83.8 Å². The molecule has 3 aromatic carbocycles. The standard InChI is InChI=1S/C42H28N4.Ni/c1-4-28-9-15-31(16-10-28)42-38-23-21-36(45-38)40(29-11-5-26(2)6-12-29)34-19-17-32(43-34)25-33-18-20-35(44-33)41(37-22-24-39(42)46-37)30-13-7-27(3)8-14-30;/h1,5-25H,2-3H3;/q-2;+2. The summed E-state index contributed by atoms with van der Waals surface area (Å²) in [6, 6.07) is 35.3. The smallest absolute Gasteiger partial charge is 0.657 e. The van der Waals surface area contributed by atoms with Gasteiger partial charge < -0.3 is 9.97 Å². The average Bonchev–Trinajstić information content (AvgIpc) is 3.90. The van der Waals surface area contributed by atoms with Crippen LogP contribution >= 0.6 is 0 Å². The zero-order valence-corrected chi connectivity index (χ0v) is 26.8. The Labute approximate surface area is 283 Å². The van der Waals surface area contributed by atoms with Crippen LogP contribution in [0.15, 0.2) is 103 Å². The molecule has 0 radical (unpaired) electrons. The van der Waals surface area contributed by atoms with E-state index in [1.54, 1.807) is 0 Å². The molecule has 0 unspecified atom stereocenters. The first-order valence-corrected chi connectivity index (χ1v) is 15.3. The predicted molar refractivity (Wildman–Crippen MR) is 191 cm³/mol. The van der Waals surface area contributed by atoms with Crippen LogP contribution in [0.3, 0.4) is 0 Å². The van der Waals surface area contributed by atoms with Crippen LogP contribution in [0.2, 0.25) is 0 Å². The molecule has 0 fully saturated rings. The zero-order valence-electron chi connectivity index (χ0n) is 25.8. The van der Waals surface area contributed by atoms with Crippen molar-refractivity contribution in [2.75, 3.05) is 0 Å². The van der Waals surface area contributed by atoms with Gasteiger partial charge in [0, 0.05) is 5.56 Å². The second-order valence-electron chi connectivity index (χ2n) is 11.7. The molecule has 3 aromatic heterocycles. The third-order valence-corrected chi connectivity index (χ3v) is 8.46. The molecule has 8 rings (SSSR count). The molecule has 4 nitrogen and oxygen atoms in total. The zero-order chi connectivity index (χ0) is 31.2. The SMILES string of the molecule is C#Cc1ccc(-c2c3nc(c(-c4ccc(C)cc4)c4ccc(cc5nc(c(-c6ccc(C)cc6)c6ccc2[n-]6)C=C5)[n-]4)C=C3)cc1.[Ni+2]. The normalized spacial score (nSPS) is 11.7. The van der Waals surface area contributed by atoms with Gasteiger partial charge in [0.05, 0.1) is 22.8 Å². The Morgan fingerprint density at radius 2 is 0.957 bits per heavy atom. The molecule has 6 aromatic rings. The minimum atomic E-state index is 0. The number of benzene rings is 3. The van der Waals surface area contributed by atoms with Crippen molar-refractivity contribution in [3.8, 4) is 45.7 Å². The molecular formula is C42H28N4Ni. The minimum absolute atomic E-state index is 0. The average molecular weight is 647 g/mol. The van der Waals surface area contributed by atoms with Gasteiger partial charge in [-0.05, 0) is 83.7 Å². The number of terminal acetylenes is 1. The number of hydrogen-bond acceptors (Lipinski definition) is 2. The summed E-state index contributed by atoms with van der Waals surface area (Å²) in [5.41, 5.74) is 15.9. The molecule has 0 saturated heterocycles. The number of aryl methyl sites for hydroxylation is 2. The van der Waals surface area contributed by atoms with E-state index >= 15 is 0 Å². The maximum atomic E-state index is 5.71. The van der Waals surface area contributed by atoms with Crippen molar-refractivity contribution >= 4 is 46.4 Å². The molecule has 2 aliphatic rings. The summed E-state index contributed by atoms with van der Waals surface area (Å²) in [6.45, 7) is 4.19. The predicted octanol–water partition coefficient (Wildman–Crippen LogP) is 9.51. The molecule has 47 heavy (non-hydrogen) atoms. The van der Waals surface area contributed by atoms with Gasteiger partial charge in [-0.3, -0.25) is 0 Å². The number of aromatic nitrogens is 4. The first kappa shape index (κ1) is 30.0. The summed E-state index contributed by atoms with van der Waals surface area (Å²) >= 11 is 0. The van der Waals surface area contributed by atoms with Gasteiger partial charge in [0.1, 0.15) is 0 Å². The van der Waals surface area contributed by atoms with Crippen molar-refractivity contribution < 1.29 is 16.5 Å². The molecule has 8 bridgehead atoms. The van der Waals surface area contributed by atoms with Gasteiger partial charge in [0.15, 0.2) is 0 Å². The number of hydrogen-bond donors (Lipinski definition) is 0. The van der Waals surface area contributed by atoms with Crippen LogP contribution in [0.5, 0.6) is 0 Å². The van der Waals surface area contributed by atoms with Crippen molar-refractivity contribution in [2.24, 2.45) is 0 Å². The Balaban J connectivity index is 0.00000351. The largest absolute Gasteiger partial charge is 2.00 e. The van der Waals surface area contributed by atoms with Crippen molar-refractivity contribution in [1.82, 2.24) is 19.9 Å². The summed E-state index contributed by atoms with van der Waals surface area (Å²) < 4.78 is 0. The van der Waals surface area contributed by atoms with Gasteiger partial charge in [-0.25, -0.2) is 9.97 Å². The molecular weight excluding hydrogens is 619 g/mol. The fraction of sp³-hybridized carbons (Fsp3) is 0.0476. The van der Waals surface area contributed by atoms with Gasteiger partial charge in [-0.15, -0.1) is 28.5 Å². The van der Waals surface area contributed by atoms with Crippen molar-refractivity contribution in [3.05, 3.63) is 143 Å². The number of nitrogens with zero attached hydrogens (tertiary/aromatic N) is 4. The van der Waals surface area contributed by atoms with Gasteiger partial charge in [0.2, 0.25) is 0 Å². The van der Waals surface area contributed by atoms with Gasteiger partial charge in [0.25, 0.3) is 0 Å². The van der Waals surface area contributed by atoms with Crippen LogP contribution in [0, 0.1) is 26.2 Å². The Morgan fingerprint density at radius 1 is 0.511 bits per heavy atom. The van der Waals surface area contributed by atoms with E-state index in [9.17, 15) is 0 Å². The molecule has 0 amide bonds. The van der Waals surface area contributed by atoms with Gasteiger partial charge >= 0.3 is 16.5 Å². The maximum absolute atomic E-state index is 5.71. The molecule has 0 aliphatic carbocycles. The first-order chi connectivity index (χ1) is 22.5. The summed E-state index contributed by atoms with van der Waals surface area (Å²) in [5.74, 6) is 2.73. The summed E-state index contributed by atoms with van der Waals surface area (Å²) in [4.78, 5) is 20.7. The van der Waals surface area contributed by atoms with Crippen LogP contribution in [-0.4, -0.2) is 9.97 Å². The molecule has 5 heterocycles. The molecule has 0 atom stereocenters. The molecule has 0 spiro atoms. The number of fused-ring (bicyclic) bond motifs is 8. The van der Waals surface area contributed by atoms with Crippen molar-refractivity contribution in [1.29, 1.82) is 0 Å². The van der Waals surface area contributed by atoms with Crippen LogP contribution in [0.25, 0.3) is 79.8 Å². The van der Waals surface area contributed by atoms with Crippen LogP contribution in [-0.2, 0) is 16.5 Å².